The van der Waals surface area contributed by atoms with Crippen LogP contribution in [0.25, 0.3) is 11.0 Å². The molecule has 1 aliphatic heterocycles. The molecule has 0 radical (unpaired) electrons. The van der Waals surface area contributed by atoms with E-state index in [1.807, 2.05) is 28.8 Å². The van der Waals surface area contributed by atoms with Crippen molar-refractivity contribution in [3.63, 3.8) is 0 Å². The standard InChI is InChI=1S/C22H26N4O2/c27-16-21-24-18-8-2-4-10-20(18)26(21)14-11-22(28)23-12-15-25-13-5-7-17-6-1-3-9-19(17)25/h1-4,6,8-10,27H,5,7,11-16H2,(H,23,28). The molecule has 0 aliphatic carbocycles. The lowest BCUT2D eigenvalue weighted by Crippen LogP contribution is -2.37. The van der Waals surface area contributed by atoms with E-state index < -0.39 is 0 Å². The molecule has 2 aromatic carbocycles. The average Bonchev–Trinajstić information content (AvgIpc) is 3.10. The second-order valence-electron chi connectivity index (χ2n) is 7.15. The number of aliphatic hydroxyl groups excluding tert-OH is 1. The van der Waals surface area contributed by atoms with E-state index in [-0.39, 0.29) is 12.5 Å². The quantitative estimate of drug-likeness (QED) is 0.663. The second-order valence-corrected chi connectivity index (χ2v) is 7.15. The molecule has 1 aliphatic rings. The molecule has 0 spiro atoms. The van der Waals surface area contributed by atoms with Crippen molar-refractivity contribution in [3.05, 3.63) is 59.9 Å². The first-order valence-corrected chi connectivity index (χ1v) is 9.91. The minimum absolute atomic E-state index is 0.0203. The zero-order chi connectivity index (χ0) is 19.3. The van der Waals surface area contributed by atoms with E-state index in [0.29, 0.717) is 25.3 Å². The number of hydrogen-bond acceptors (Lipinski definition) is 4. The van der Waals surface area contributed by atoms with Crippen LogP contribution < -0.4 is 10.2 Å². The van der Waals surface area contributed by atoms with Gasteiger partial charge in [0.1, 0.15) is 12.4 Å². The van der Waals surface area contributed by atoms with E-state index in [0.717, 1.165) is 37.0 Å². The molecule has 3 aromatic rings. The number of carbonyl (C=O) groups excluding carboxylic acids is 1. The van der Waals surface area contributed by atoms with Gasteiger partial charge in [-0.2, -0.15) is 0 Å². The Kier molecular flexibility index (Phi) is 5.58. The highest BCUT2D eigenvalue weighted by Gasteiger charge is 2.16. The fourth-order valence-corrected chi connectivity index (χ4v) is 3.97. The van der Waals surface area contributed by atoms with Crippen molar-refractivity contribution in [2.75, 3.05) is 24.5 Å². The van der Waals surface area contributed by atoms with Crippen LogP contribution in [0.3, 0.4) is 0 Å². The second kappa shape index (κ2) is 8.44. The van der Waals surface area contributed by atoms with Gasteiger partial charge in [-0.1, -0.05) is 30.3 Å². The van der Waals surface area contributed by atoms with Crippen LogP contribution in [0.5, 0.6) is 0 Å². The van der Waals surface area contributed by atoms with E-state index in [2.05, 4.69) is 39.5 Å². The molecule has 0 saturated heterocycles. The number of imidazole rings is 1. The Bertz CT molecular complexity index is 966. The molecule has 146 valence electrons. The van der Waals surface area contributed by atoms with E-state index in [1.54, 1.807) is 0 Å². The molecule has 28 heavy (non-hydrogen) atoms. The predicted octanol–water partition coefficient (Wildman–Crippen LogP) is 2.49. The van der Waals surface area contributed by atoms with Gasteiger partial charge in [-0.15, -0.1) is 0 Å². The summed E-state index contributed by atoms with van der Waals surface area (Å²) in [4.78, 5) is 19.1. The normalized spacial score (nSPS) is 13.5. The maximum absolute atomic E-state index is 12.3. The number of benzene rings is 2. The molecule has 6 heteroatoms. The number of aryl methyl sites for hydroxylation is 2. The molecule has 0 fully saturated rings. The summed E-state index contributed by atoms with van der Waals surface area (Å²) in [5.74, 6) is 0.617. The molecule has 0 saturated carbocycles. The fraction of sp³-hybridized carbons (Fsp3) is 0.364. The molecule has 2 heterocycles. The third kappa shape index (κ3) is 3.87. The number of aromatic nitrogens is 2. The van der Waals surface area contributed by atoms with Crippen molar-refractivity contribution < 1.29 is 9.90 Å². The van der Waals surface area contributed by atoms with Crippen LogP contribution in [0, 0.1) is 0 Å². The maximum atomic E-state index is 12.3. The smallest absolute Gasteiger partial charge is 0.221 e. The Morgan fingerprint density at radius 3 is 2.82 bits per heavy atom. The monoisotopic (exact) mass is 378 g/mol. The lowest BCUT2D eigenvalue weighted by atomic mass is 10.0. The maximum Gasteiger partial charge on any atom is 0.221 e. The SMILES string of the molecule is O=C(CCn1c(CO)nc2ccccc21)NCCN1CCCc2ccccc21. The van der Waals surface area contributed by atoms with Gasteiger partial charge >= 0.3 is 0 Å². The first-order valence-electron chi connectivity index (χ1n) is 9.91. The van der Waals surface area contributed by atoms with Crippen LogP contribution in [0.4, 0.5) is 5.69 Å². The van der Waals surface area contributed by atoms with Gasteiger partial charge in [-0.3, -0.25) is 4.79 Å². The zero-order valence-electron chi connectivity index (χ0n) is 16.0. The van der Waals surface area contributed by atoms with Gasteiger partial charge in [-0.25, -0.2) is 4.98 Å². The number of fused-ring (bicyclic) bond motifs is 2. The Morgan fingerprint density at radius 1 is 1.11 bits per heavy atom. The lowest BCUT2D eigenvalue weighted by Gasteiger charge is -2.31. The van der Waals surface area contributed by atoms with Gasteiger partial charge in [0.2, 0.25) is 5.91 Å². The first-order chi connectivity index (χ1) is 13.8. The van der Waals surface area contributed by atoms with Crippen LogP contribution in [-0.2, 0) is 24.4 Å². The molecule has 1 aromatic heterocycles. The van der Waals surface area contributed by atoms with E-state index in [9.17, 15) is 9.90 Å². The molecule has 0 bridgehead atoms. The molecular formula is C22H26N4O2. The summed E-state index contributed by atoms with van der Waals surface area (Å²) in [7, 11) is 0. The summed E-state index contributed by atoms with van der Waals surface area (Å²) in [5.41, 5.74) is 4.48. The number of aliphatic hydroxyl groups is 1. The van der Waals surface area contributed by atoms with Crippen LogP contribution in [0.1, 0.15) is 24.2 Å². The minimum atomic E-state index is -0.134. The van der Waals surface area contributed by atoms with Crippen molar-refractivity contribution in [3.8, 4) is 0 Å². The number of rotatable bonds is 7. The Hall–Kier alpha value is -2.86. The van der Waals surface area contributed by atoms with Crippen LogP contribution in [0.2, 0.25) is 0 Å². The highest BCUT2D eigenvalue weighted by Crippen LogP contribution is 2.26. The fourth-order valence-electron chi connectivity index (χ4n) is 3.97. The summed E-state index contributed by atoms with van der Waals surface area (Å²) < 4.78 is 1.93. The van der Waals surface area contributed by atoms with Gasteiger partial charge in [0.15, 0.2) is 0 Å². The van der Waals surface area contributed by atoms with Crippen LogP contribution >= 0.6 is 0 Å². The Labute approximate surface area is 164 Å². The largest absolute Gasteiger partial charge is 0.388 e. The zero-order valence-corrected chi connectivity index (χ0v) is 16.0. The molecule has 0 unspecified atom stereocenters. The van der Waals surface area contributed by atoms with E-state index >= 15 is 0 Å². The van der Waals surface area contributed by atoms with E-state index in [1.165, 1.54) is 11.3 Å². The molecular weight excluding hydrogens is 352 g/mol. The summed E-state index contributed by atoms with van der Waals surface area (Å²) >= 11 is 0. The van der Waals surface area contributed by atoms with Gasteiger partial charge in [0.25, 0.3) is 0 Å². The predicted molar refractivity (Wildman–Crippen MR) is 110 cm³/mol. The van der Waals surface area contributed by atoms with Crippen LogP contribution in [-0.4, -0.2) is 40.2 Å². The Morgan fingerprint density at radius 2 is 1.93 bits per heavy atom. The number of carbonyl (C=O) groups is 1. The summed E-state index contributed by atoms with van der Waals surface area (Å²) in [6.45, 7) is 2.86. The average molecular weight is 378 g/mol. The Balaban J connectivity index is 1.30. The van der Waals surface area contributed by atoms with Crippen LogP contribution in [0.15, 0.2) is 48.5 Å². The highest BCUT2D eigenvalue weighted by atomic mass is 16.3. The van der Waals surface area contributed by atoms with Gasteiger partial charge in [0.05, 0.1) is 11.0 Å². The van der Waals surface area contributed by atoms with Gasteiger partial charge in [0, 0.05) is 38.3 Å². The van der Waals surface area contributed by atoms with Crippen molar-refractivity contribution in [1.29, 1.82) is 0 Å². The summed E-state index contributed by atoms with van der Waals surface area (Å²) in [6.07, 6.45) is 2.65. The summed E-state index contributed by atoms with van der Waals surface area (Å²) in [6, 6.07) is 16.3. The molecule has 2 N–H and O–H groups in total. The number of nitrogens with zero attached hydrogens (tertiary/aromatic N) is 3. The van der Waals surface area contributed by atoms with Crippen molar-refractivity contribution >= 4 is 22.6 Å². The molecule has 4 rings (SSSR count). The van der Waals surface area contributed by atoms with Crippen molar-refractivity contribution in [1.82, 2.24) is 14.9 Å². The third-order valence-corrected chi connectivity index (χ3v) is 5.35. The van der Waals surface area contributed by atoms with E-state index in [4.69, 9.17) is 0 Å². The van der Waals surface area contributed by atoms with Gasteiger partial charge < -0.3 is 19.9 Å². The number of para-hydroxylation sites is 3. The van der Waals surface area contributed by atoms with Crippen molar-refractivity contribution in [2.45, 2.75) is 32.4 Å². The lowest BCUT2D eigenvalue weighted by molar-refractivity contribution is -0.121. The molecule has 0 atom stereocenters. The number of amides is 1. The summed E-state index contributed by atoms with van der Waals surface area (Å²) in [5, 5.41) is 12.6. The molecule has 1 amide bonds. The molecule has 6 nitrogen and oxygen atoms in total. The third-order valence-electron chi connectivity index (χ3n) is 5.35. The number of anilines is 1. The minimum Gasteiger partial charge on any atom is -0.388 e. The topological polar surface area (TPSA) is 70.4 Å². The first kappa shape index (κ1) is 18.5. The van der Waals surface area contributed by atoms with Gasteiger partial charge in [-0.05, 0) is 36.6 Å². The van der Waals surface area contributed by atoms with Crippen molar-refractivity contribution in [2.24, 2.45) is 0 Å². The number of hydrogen-bond donors (Lipinski definition) is 2. The number of nitrogens with one attached hydrogen (secondary N) is 1. The highest BCUT2D eigenvalue weighted by molar-refractivity contribution is 5.78.